The summed E-state index contributed by atoms with van der Waals surface area (Å²) in [5.41, 5.74) is 6.28. The molecule has 1 unspecified atom stereocenters. The third kappa shape index (κ3) is 7.39. The third-order valence-electron chi connectivity index (χ3n) is 9.92. The van der Waals surface area contributed by atoms with E-state index >= 15 is 0 Å². The van der Waals surface area contributed by atoms with Gasteiger partial charge in [0.25, 0.3) is 11.5 Å². The van der Waals surface area contributed by atoms with Crippen LogP contribution in [0.1, 0.15) is 52.6 Å². The number of aromatic amines is 1. The van der Waals surface area contributed by atoms with Gasteiger partial charge < -0.3 is 45.7 Å². The second-order valence-corrected chi connectivity index (χ2v) is 15.2. The van der Waals surface area contributed by atoms with Crippen LogP contribution in [0.15, 0.2) is 68.6 Å². The van der Waals surface area contributed by atoms with Crippen LogP contribution in [0.5, 0.6) is 5.75 Å². The molecule has 4 aromatic rings. The number of phenols is 1. The van der Waals surface area contributed by atoms with Gasteiger partial charge >= 0.3 is 13.8 Å². The first-order valence-electron chi connectivity index (χ1n) is 18.1. The molecule has 2 saturated heterocycles. The first kappa shape index (κ1) is 38.7. The number of aromatic hydroxyl groups is 1. The summed E-state index contributed by atoms with van der Waals surface area (Å²) in [4.78, 5) is 71.2. The number of anilines is 2. The molecule has 1 amide bonds. The number of nitrogens with two attached hydrogens (primary N) is 1. The van der Waals surface area contributed by atoms with Crippen LogP contribution in [0.4, 0.5) is 11.9 Å². The second-order valence-electron chi connectivity index (χ2n) is 13.8. The van der Waals surface area contributed by atoms with Gasteiger partial charge in [0, 0.05) is 47.3 Å². The lowest BCUT2D eigenvalue weighted by atomic mass is 9.90. The molecular formula is C37H36N7O13P. The van der Waals surface area contributed by atoms with Crippen molar-refractivity contribution in [1.82, 2.24) is 24.8 Å². The molecule has 9 N–H and O–H groups in total. The molecule has 3 aliphatic heterocycles. The van der Waals surface area contributed by atoms with Crippen LogP contribution < -0.4 is 27.4 Å². The molecule has 2 aromatic carbocycles. The van der Waals surface area contributed by atoms with Crippen molar-refractivity contribution in [3.05, 3.63) is 86.3 Å². The predicted octanol–water partition coefficient (Wildman–Crippen LogP) is 3.16. The van der Waals surface area contributed by atoms with Gasteiger partial charge in [0.05, 0.1) is 12.2 Å². The Morgan fingerprint density at radius 2 is 1.78 bits per heavy atom. The smallest absolute Gasteiger partial charge is 0.472 e. The first-order chi connectivity index (χ1) is 27.8. The molecule has 0 spiro atoms. The number of nitrogens with one attached hydrogen (secondary N) is 3. The fraction of sp³-hybridized carbons (Fsp3) is 0.297. The number of carboxylic acids is 1. The van der Waals surface area contributed by atoms with E-state index in [2.05, 4.69) is 25.6 Å². The number of carbonyl (C=O) groups excluding carboxylic acids is 1. The number of aromatic nitrogens is 4. The number of imidazole rings is 1. The van der Waals surface area contributed by atoms with Gasteiger partial charge in [0.15, 0.2) is 22.8 Å². The van der Waals surface area contributed by atoms with Gasteiger partial charge in [-0.25, -0.2) is 14.3 Å². The number of aromatic carboxylic acids is 1. The molecule has 5 heterocycles. The minimum atomic E-state index is -4.39. The zero-order chi connectivity index (χ0) is 40.9. The SMILES string of the molecule is Nc1nc2c(nc(NCCCCCCNC(=O)c3ccc(-c4c5ccc(=O)cc-5oc5cc(O)ccc45)c(C(=O)O)c3)n2[C@@H]2O[C@@H]3COP(=O)(O)O[C@H]3[C@H]2O)c(=O)[nH]1. The highest BCUT2D eigenvalue weighted by molar-refractivity contribution is 7.47. The zero-order valence-electron chi connectivity index (χ0n) is 30.3. The van der Waals surface area contributed by atoms with E-state index in [1.54, 1.807) is 12.1 Å². The maximum atomic E-state index is 13.1. The van der Waals surface area contributed by atoms with Crippen molar-refractivity contribution in [2.45, 2.75) is 50.2 Å². The number of fused-ring (bicyclic) bond motifs is 4. The molecule has 1 aliphatic carbocycles. The normalized spacial score (nSPS) is 21.7. The summed E-state index contributed by atoms with van der Waals surface area (Å²) in [7, 11) is -4.39. The standard InChI is InChI=1S/C37H36N7O13P/c38-36-42-31-28(33(49)43-36)41-37(44(31)34-29(47)30-26(56-34)16-54-58(52,53)57-30)40-12-4-2-1-3-11-39-32(48)17-5-8-20(23(13-17)35(50)51)27-21-9-6-18(45)14-24(21)55-25-15-19(46)7-10-22(25)27/h5-10,13-15,26,29-30,34,45,47H,1-4,11-12,16H2,(H,39,48)(H,40,41)(H,50,51)(H,52,53)(H3,38,42,43,49)/t26-,29-,30-,34-/m1/s1. The number of nitrogens with zero attached hydrogens (tertiary/aromatic N) is 3. The number of carbonyl (C=O) groups is 2. The number of ether oxygens (including phenoxy) is 1. The minimum Gasteiger partial charge on any atom is -0.508 e. The lowest BCUT2D eigenvalue weighted by molar-refractivity contribution is -0.0659. The van der Waals surface area contributed by atoms with Gasteiger partial charge in [-0.15, -0.1) is 0 Å². The van der Waals surface area contributed by atoms with Crippen LogP contribution in [-0.4, -0.2) is 89.6 Å². The fourth-order valence-electron chi connectivity index (χ4n) is 7.25. The molecule has 4 aliphatic rings. The molecule has 2 fully saturated rings. The van der Waals surface area contributed by atoms with Crippen LogP contribution in [0.2, 0.25) is 0 Å². The van der Waals surface area contributed by atoms with Crippen molar-refractivity contribution in [1.29, 1.82) is 0 Å². The topological polar surface area (TPSA) is 304 Å². The van der Waals surface area contributed by atoms with Gasteiger partial charge in [-0.3, -0.25) is 33.0 Å². The number of hydrogen-bond donors (Lipinski definition) is 8. The molecule has 20 nitrogen and oxygen atoms in total. The Hall–Kier alpha value is -6.15. The summed E-state index contributed by atoms with van der Waals surface area (Å²) < 4.78 is 35.1. The van der Waals surface area contributed by atoms with Crippen LogP contribution in [0, 0.1) is 0 Å². The summed E-state index contributed by atoms with van der Waals surface area (Å²) >= 11 is 0. The van der Waals surface area contributed by atoms with Crippen molar-refractivity contribution in [3.8, 4) is 28.2 Å². The number of phosphoric ester groups is 1. The molecule has 21 heteroatoms. The molecule has 302 valence electrons. The van der Waals surface area contributed by atoms with E-state index in [0.717, 1.165) is 0 Å². The first-order valence-corrected chi connectivity index (χ1v) is 19.6. The van der Waals surface area contributed by atoms with Gasteiger partial charge in [0.1, 0.15) is 35.4 Å². The summed E-state index contributed by atoms with van der Waals surface area (Å²) in [6.07, 6.45) is -2.10. The van der Waals surface area contributed by atoms with Crippen molar-refractivity contribution in [2.24, 2.45) is 0 Å². The van der Waals surface area contributed by atoms with E-state index in [1.165, 1.54) is 47.0 Å². The van der Waals surface area contributed by atoms with Gasteiger partial charge in [-0.05, 0) is 54.8 Å². The summed E-state index contributed by atoms with van der Waals surface area (Å²) in [6, 6.07) is 12.9. The van der Waals surface area contributed by atoms with E-state index < -0.39 is 49.8 Å². The lowest BCUT2D eigenvalue weighted by Gasteiger charge is -2.27. The highest BCUT2D eigenvalue weighted by Gasteiger charge is 2.53. The Morgan fingerprint density at radius 1 is 1.00 bits per heavy atom. The highest BCUT2D eigenvalue weighted by Crippen LogP contribution is 2.53. The highest BCUT2D eigenvalue weighted by atomic mass is 31.2. The summed E-state index contributed by atoms with van der Waals surface area (Å²) in [6.45, 7) is 0.367. The van der Waals surface area contributed by atoms with E-state index in [4.69, 9.17) is 23.9 Å². The van der Waals surface area contributed by atoms with Crippen molar-refractivity contribution < 1.29 is 52.6 Å². The number of hydrogen-bond acceptors (Lipinski definition) is 15. The number of unbranched alkanes of at least 4 members (excludes halogenated alkanes) is 3. The Morgan fingerprint density at radius 3 is 2.57 bits per heavy atom. The van der Waals surface area contributed by atoms with Gasteiger partial charge in [-0.1, -0.05) is 18.9 Å². The van der Waals surface area contributed by atoms with E-state index in [0.29, 0.717) is 60.8 Å². The number of amides is 1. The number of nitrogen functional groups attached to an aromatic ring is 1. The van der Waals surface area contributed by atoms with Crippen molar-refractivity contribution in [2.75, 3.05) is 30.7 Å². The number of benzene rings is 3. The molecule has 58 heavy (non-hydrogen) atoms. The molecule has 0 bridgehead atoms. The van der Waals surface area contributed by atoms with Crippen LogP contribution in [-0.2, 0) is 18.3 Å². The third-order valence-corrected chi connectivity index (χ3v) is 10.9. The fourth-order valence-corrected chi connectivity index (χ4v) is 8.22. The van der Waals surface area contributed by atoms with Crippen LogP contribution >= 0.6 is 7.82 Å². The van der Waals surface area contributed by atoms with Crippen LogP contribution in [0.3, 0.4) is 0 Å². The van der Waals surface area contributed by atoms with Gasteiger partial charge in [-0.2, -0.15) is 4.98 Å². The monoisotopic (exact) mass is 817 g/mol. The Labute approximate surface area is 326 Å². The zero-order valence-corrected chi connectivity index (χ0v) is 31.2. The number of H-pyrrole nitrogens is 1. The largest absolute Gasteiger partial charge is 0.508 e. The van der Waals surface area contributed by atoms with E-state index in [1.807, 2.05) is 0 Å². The average molecular weight is 818 g/mol. The van der Waals surface area contributed by atoms with Crippen molar-refractivity contribution >= 4 is 53.7 Å². The van der Waals surface area contributed by atoms with Crippen molar-refractivity contribution in [3.63, 3.8) is 0 Å². The maximum absolute atomic E-state index is 13.1. The van der Waals surface area contributed by atoms with E-state index in [-0.39, 0.29) is 63.3 Å². The quantitative estimate of drug-likeness (QED) is 0.0500. The molecular weight excluding hydrogens is 781 g/mol. The molecule has 8 rings (SSSR count). The molecule has 2 aromatic heterocycles. The molecule has 0 radical (unpaired) electrons. The number of carboxylic acid groups (broad SMARTS) is 1. The Kier molecular flexibility index (Phi) is 10.2. The predicted molar refractivity (Wildman–Crippen MR) is 206 cm³/mol. The second kappa shape index (κ2) is 15.3. The number of aliphatic hydroxyl groups is 1. The summed E-state index contributed by atoms with van der Waals surface area (Å²) in [5, 5.41) is 37.8. The molecule has 0 saturated carbocycles. The van der Waals surface area contributed by atoms with Gasteiger partial charge in [0.2, 0.25) is 11.9 Å². The number of phosphoric acid groups is 1. The Bertz CT molecular complexity index is 2730. The average Bonchev–Trinajstić information content (AvgIpc) is 3.69. The number of phenolic OH excluding ortho intramolecular Hbond substituents is 1. The van der Waals surface area contributed by atoms with E-state index in [9.17, 15) is 44.0 Å². The number of aliphatic hydroxyl groups excluding tert-OH is 1. The lowest BCUT2D eigenvalue weighted by Crippen LogP contribution is -2.39. The maximum Gasteiger partial charge on any atom is 0.472 e. The number of rotatable bonds is 12. The molecule has 5 atom stereocenters. The Balaban J connectivity index is 0.892. The summed E-state index contributed by atoms with van der Waals surface area (Å²) in [5.74, 6) is -1.67. The minimum absolute atomic E-state index is 0.0125. The van der Waals surface area contributed by atoms with Crippen LogP contribution in [0.25, 0.3) is 44.6 Å².